The number of aryl methyl sites for hydroxylation is 1. The molecule has 2 aromatic heterocycles. The quantitative estimate of drug-likeness (QED) is 0.877. The maximum atomic E-state index is 12.1. The number of aromatic nitrogens is 3. The summed E-state index contributed by atoms with van der Waals surface area (Å²) in [6.07, 6.45) is 2.80. The van der Waals surface area contributed by atoms with Crippen LogP contribution in [0.4, 0.5) is 5.82 Å². The van der Waals surface area contributed by atoms with E-state index in [1.807, 2.05) is 6.92 Å². The van der Waals surface area contributed by atoms with Gasteiger partial charge in [0.25, 0.3) is 10.0 Å². The smallest absolute Gasteiger partial charge is 0.264 e. The number of hydrogen-bond acceptors (Lipinski definition) is 4. The Labute approximate surface area is 120 Å². The van der Waals surface area contributed by atoms with Crippen molar-refractivity contribution in [2.24, 2.45) is 0 Å². The Balaban J connectivity index is 2.29. The van der Waals surface area contributed by atoms with Crippen LogP contribution < -0.4 is 4.72 Å². The monoisotopic (exact) mass is 320 g/mol. The van der Waals surface area contributed by atoms with E-state index in [9.17, 15) is 8.42 Å². The van der Waals surface area contributed by atoms with Gasteiger partial charge in [-0.25, -0.2) is 13.4 Å². The lowest BCUT2D eigenvalue weighted by molar-refractivity contribution is 0.600. The van der Waals surface area contributed by atoms with Gasteiger partial charge in [-0.1, -0.05) is 23.2 Å². The molecule has 0 aliphatic carbocycles. The summed E-state index contributed by atoms with van der Waals surface area (Å²) in [5.74, 6) is 0.230. The number of nitrogens with zero attached hydrogens (tertiary/aromatic N) is 3. The van der Waals surface area contributed by atoms with Crippen molar-refractivity contribution in [2.45, 2.75) is 18.4 Å². The lowest BCUT2D eigenvalue weighted by Crippen LogP contribution is -2.14. The molecule has 0 radical (unpaired) electrons. The highest BCUT2D eigenvalue weighted by Crippen LogP contribution is 2.23. The fourth-order valence-electron chi connectivity index (χ4n) is 1.34. The topological polar surface area (TPSA) is 76.9 Å². The normalized spacial score (nSPS) is 11.5. The Hall–Kier alpha value is -1.31. The molecule has 0 atom stereocenters. The molecule has 0 saturated heterocycles. The SMILES string of the molecule is CCn1ccc(NS(=O)(=O)c2cnc(Cl)c(Cl)c2)n1. The third-order valence-electron chi connectivity index (χ3n) is 2.29. The highest BCUT2D eigenvalue weighted by atomic mass is 35.5. The van der Waals surface area contributed by atoms with Crippen molar-refractivity contribution >= 4 is 39.0 Å². The lowest BCUT2D eigenvalue weighted by Gasteiger charge is -2.05. The molecule has 0 fully saturated rings. The first-order chi connectivity index (χ1) is 8.92. The van der Waals surface area contributed by atoms with Crippen LogP contribution in [0.5, 0.6) is 0 Å². The average molecular weight is 321 g/mol. The molecule has 0 bridgehead atoms. The van der Waals surface area contributed by atoms with Crippen molar-refractivity contribution in [3.63, 3.8) is 0 Å². The zero-order valence-electron chi connectivity index (χ0n) is 9.84. The van der Waals surface area contributed by atoms with Gasteiger partial charge in [-0.3, -0.25) is 9.40 Å². The van der Waals surface area contributed by atoms with Crippen LogP contribution in [0, 0.1) is 0 Å². The summed E-state index contributed by atoms with van der Waals surface area (Å²) in [7, 11) is -3.78. The van der Waals surface area contributed by atoms with Crippen LogP contribution in [-0.4, -0.2) is 23.2 Å². The molecule has 102 valence electrons. The van der Waals surface area contributed by atoms with Gasteiger partial charge in [0, 0.05) is 25.0 Å². The van der Waals surface area contributed by atoms with E-state index in [-0.39, 0.29) is 20.9 Å². The predicted octanol–water partition coefficient (Wildman–Crippen LogP) is 2.41. The molecule has 6 nitrogen and oxygen atoms in total. The number of nitrogens with one attached hydrogen (secondary N) is 1. The van der Waals surface area contributed by atoms with Gasteiger partial charge < -0.3 is 0 Å². The van der Waals surface area contributed by atoms with E-state index in [4.69, 9.17) is 23.2 Å². The molecule has 0 aliphatic rings. The molecule has 2 rings (SSSR count). The summed E-state index contributed by atoms with van der Waals surface area (Å²) >= 11 is 11.4. The van der Waals surface area contributed by atoms with E-state index in [2.05, 4.69) is 14.8 Å². The minimum absolute atomic E-state index is 0.0517. The van der Waals surface area contributed by atoms with Crippen LogP contribution in [-0.2, 0) is 16.6 Å². The maximum absolute atomic E-state index is 12.1. The van der Waals surface area contributed by atoms with Crippen LogP contribution in [0.15, 0.2) is 29.4 Å². The van der Waals surface area contributed by atoms with Gasteiger partial charge >= 0.3 is 0 Å². The van der Waals surface area contributed by atoms with Gasteiger partial charge in [0.1, 0.15) is 10.0 Å². The van der Waals surface area contributed by atoms with E-state index >= 15 is 0 Å². The minimum Gasteiger partial charge on any atom is -0.271 e. The maximum Gasteiger partial charge on any atom is 0.264 e. The fraction of sp³-hybridized carbons (Fsp3) is 0.200. The standard InChI is InChI=1S/C10H10Cl2N4O2S/c1-2-16-4-3-9(14-16)15-19(17,18)7-5-8(11)10(12)13-6-7/h3-6H,2H2,1H3,(H,14,15). The number of pyridine rings is 1. The van der Waals surface area contributed by atoms with Crippen LogP contribution >= 0.6 is 23.2 Å². The molecule has 0 aliphatic heterocycles. The van der Waals surface area contributed by atoms with Gasteiger partial charge in [-0.05, 0) is 13.0 Å². The van der Waals surface area contributed by atoms with Crippen LogP contribution in [0.2, 0.25) is 10.2 Å². The molecular formula is C10H10Cl2N4O2S. The molecule has 2 aromatic rings. The summed E-state index contributed by atoms with van der Waals surface area (Å²) in [6.45, 7) is 2.55. The zero-order chi connectivity index (χ0) is 14.0. The Morgan fingerprint density at radius 2 is 2.16 bits per heavy atom. The van der Waals surface area contributed by atoms with E-state index in [1.165, 1.54) is 6.07 Å². The van der Waals surface area contributed by atoms with Crippen molar-refractivity contribution < 1.29 is 8.42 Å². The Bertz CT molecular complexity index is 699. The number of anilines is 1. The largest absolute Gasteiger partial charge is 0.271 e. The lowest BCUT2D eigenvalue weighted by atomic mass is 10.5. The Morgan fingerprint density at radius 1 is 1.42 bits per heavy atom. The molecular weight excluding hydrogens is 311 g/mol. The molecule has 0 amide bonds. The van der Waals surface area contributed by atoms with E-state index in [1.54, 1.807) is 16.9 Å². The second kappa shape index (κ2) is 5.36. The van der Waals surface area contributed by atoms with Gasteiger partial charge in [-0.2, -0.15) is 5.10 Å². The van der Waals surface area contributed by atoms with Crippen LogP contribution in [0.3, 0.4) is 0 Å². The molecule has 19 heavy (non-hydrogen) atoms. The van der Waals surface area contributed by atoms with E-state index < -0.39 is 10.0 Å². The summed E-state index contributed by atoms with van der Waals surface area (Å²) < 4.78 is 28.1. The number of halogens is 2. The Kier molecular flexibility index (Phi) is 3.98. The molecule has 0 unspecified atom stereocenters. The van der Waals surface area contributed by atoms with Crippen molar-refractivity contribution in [2.75, 3.05) is 4.72 Å². The molecule has 2 heterocycles. The van der Waals surface area contributed by atoms with Crippen LogP contribution in [0.1, 0.15) is 6.92 Å². The van der Waals surface area contributed by atoms with E-state index in [0.29, 0.717) is 6.54 Å². The number of sulfonamides is 1. The third kappa shape index (κ3) is 3.17. The second-order valence-corrected chi connectivity index (χ2v) is 6.05. The number of hydrogen-bond donors (Lipinski definition) is 1. The van der Waals surface area contributed by atoms with Gasteiger partial charge in [0.15, 0.2) is 5.82 Å². The first-order valence-corrected chi connectivity index (χ1v) is 7.53. The van der Waals surface area contributed by atoms with Gasteiger partial charge in [0.05, 0.1) is 5.02 Å². The summed E-state index contributed by atoms with van der Waals surface area (Å²) in [5.41, 5.74) is 0. The fourth-order valence-corrected chi connectivity index (χ4v) is 2.64. The highest BCUT2D eigenvalue weighted by Gasteiger charge is 2.17. The molecule has 0 aromatic carbocycles. The third-order valence-corrected chi connectivity index (χ3v) is 4.29. The second-order valence-electron chi connectivity index (χ2n) is 3.61. The average Bonchev–Trinajstić information content (AvgIpc) is 2.79. The number of rotatable bonds is 4. The first-order valence-electron chi connectivity index (χ1n) is 5.29. The molecule has 0 spiro atoms. The van der Waals surface area contributed by atoms with Crippen molar-refractivity contribution in [3.05, 3.63) is 34.7 Å². The van der Waals surface area contributed by atoms with Crippen LogP contribution in [0.25, 0.3) is 0 Å². The summed E-state index contributed by atoms with van der Waals surface area (Å²) in [5, 5.41) is 4.15. The van der Waals surface area contributed by atoms with Gasteiger partial charge in [0.2, 0.25) is 0 Å². The van der Waals surface area contributed by atoms with E-state index in [0.717, 1.165) is 6.20 Å². The summed E-state index contributed by atoms with van der Waals surface area (Å²) in [4.78, 5) is 3.62. The van der Waals surface area contributed by atoms with Crippen molar-refractivity contribution in [1.29, 1.82) is 0 Å². The molecule has 0 saturated carbocycles. The first kappa shape index (κ1) is 14.1. The zero-order valence-corrected chi connectivity index (χ0v) is 12.2. The Morgan fingerprint density at radius 3 is 2.74 bits per heavy atom. The highest BCUT2D eigenvalue weighted by molar-refractivity contribution is 7.92. The molecule has 9 heteroatoms. The molecule has 1 N–H and O–H groups in total. The van der Waals surface area contributed by atoms with Crippen molar-refractivity contribution in [3.8, 4) is 0 Å². The predicted molar refractivity (Wildman–Crippen MR) is 73.0 cm³/mol. The van der Waals surface area contributed by atoms with Gasteiger partial charge in [-0.15, -0.1) is 0 Å². The summed E-state index contributed by atoms with van der Waals surface area (Å²) in [6, 6.07) is 2.79. The minimum atomic E-state index is -3.78. The van der Waals surface area contributed by atoms with Crippen molar-refractivity contribution in [1.82, 2.24) is 14.8 Å².